The summed E-state index contributed by atoms with van der Waals surface area (Å²) in [4.78, 5) is 30.3. The smallest absolute Gasteiger partial charge is 0.300 e. The van der Waals surface area contributed by atoms with Crippen LogP contribution in [-0.2, 0) is 19.1 Å². The summed E-state index contributed by atoms with van der Waals surface area (Å²) in [6, 6.07) is -0.379. The second-order valence-corrected chi connectivity index (χ2v) is 2.38. The molecule has 0 N–H and O–H groups in total. The van der Waals surface area contributed by atoms with E-state index in [0.29, 0.717) is 0 Å². The number of nitrogens with zero attached hydrogens (tertiary/aromatic N) is 1. The first kappa shape index (κ1) is 12.2. The zero-order valence-electron chi connectivity index (χ0n) is 7.81. The normalized spacial score (nSPS) is 9.00. The van der Waals surface area contributed by atoms with E-state index in [9.17, 15) is 19.7 Å². The van der Waals surface area contributed by atoms with Gasteiger partial charge in [0.1, 0.15) is 0 Å². The van der Waals surface area contributed by atoms with Crippen LogP contribution in [0.25, 0.3) is 0 Å². The summed E-state index contributed by atoms with van der Waals surface area (Å²) >= 11 is 0. The minimum absolute atomic E-state index is 0.379. The number of esters is 2. The summed E-state index contributed by atoms with van der Waals surface area (Å²) in [6.07, 6.45) is 0. The van der Waals surface area contributed by atoms with Crippen molar-refractivity contribution in [3.8, 4) is 0 Å². The first-order valence-corrected chi connectivity index (χ1v) is 3.69. The zero-order valence-corrected chi connectivity index (χ0v) is 7.81. The molecule has 0 amide bonds. The highest BCUT2D eigenvalue weighted by Crippen LogP contribution is 2.02. The van der Waals surface area contributed by atoms with Crippen LogP contribution in [0.5, 0.6) is 0 Å². The van der Waals surface area contributed by atoms with Gasteiger partial charge in [-0.05, 0) is 0 Å². The fraction of sp³-hybridized carbons (Fsp3) is 0.571. The van der Waals surface area contributed by atoms with Crippen molar-refractivity contribution in [1.29, 1.82) is 0 Å². The molecule has 0 aromatic rings. The molecule has 80 valence electrons. The van der Waals surface area contributed by atoms with Gasteiger partial charge < -0.3 is 9.47 Å². The first-order valence-electron chi connectivity index (χ1n) is 3.69. The molecule has 0 radical (unpaired) electrons. The lowest BCUT2D eigenvalue weighted by atomic mass is 10.3. The van der Waals surface area contributed by atoms with Crippen molar-refractivity contribution in [2.75, 3.05) is 13.2 Å². The first-order chi connectivity index (χ1) is 6.43. The maximum Gasteiger partial charge on any atom is 0.300 e. The molecule has 0 fully saturated rings. The quantitative estimate of drug-likeness (QED) is 0.269. The number of ether oxygens (including phenoxy) is 2. The molecule has 0 spiro atoms. The predicted octanol–water partition coefficient (Wildman–Crippen LogP) is -0.0787. The van der Waals surface area contributed by atoms with Crippen LogP contribution in [0.3, 0.4) is 0 Å². The summed E-state index contributed by atoms with van der Waals surface area (Å²) in [7, 11) is 0. The summed E-state index contributed by atoms with van der Waals surface area (Å²) in [5.41, 5.74) is 0. The van der Waals surface area contributed by atoms with E-state index in [1.807, 2.05) is 0 Å². The van der Waals surface area contributed by atoms with E-state index >= 15 is 0 Å². The monoisotopic (exact) mass is 204 g/mol. The van der Waals surface area contributed by atoms with Crippen molar-refractivity contribution in [2.24, 2.45) is 0 Å². The molecular weight excluding hydrogens is 194 g/mol. The largest absolute Gasteiger partial charge is 0.490 e. The van der Waals surface area contributed by atoms with Gasteiger partial charge in [0.25, 0.3) is 11.9 Å². The Balaban J connectivity index is 3.96. The minimum Gasteiger partial charge on any atom is -0.490 e. The lowest BCUT2D eigenvalue weighted by Gasteiger charge is -2.19. The van der Waals surface area contributed by atoms with E-state index in [1.165, 1.54) is 0 Å². The van der Waals surface area contributed by atoms with Crippen LogP contribution in [0.4, 0.5) is 0 Å². The third-order valence-corrected chi connectivity index (χ3v) is 1.14. The number of hydrogen-bond acceptors (Lipinski definition) is 6. The molecule has 14 heavy (non-hydrogen) atoms. The molecule has 0 saturated carbocycles. The molecule has 0 bridgehead atoms. The van der Waals surface area contributed by atoms with Gasteiger partial charge in [0.05, 0.1) is 13.2 Å². The van der Waals surface area contributed by atoms with Crippen molar-refractivity contribution in [2.45, 2.75) is 13.8 Å². The Kier molecular flexibility index (Phi) is 5.05. The number of rotatable bonds is 5. The average molecular weight is 204 g/mol. The highest BCUT2D eigenvalue weighted by Gasteiger charge is 2.09. The van der Waals surface area contributed by atoms with Crippen LogP contribution in [0.2, 0.25) is 0 Å². The third-order valence-electron chi connectivity index (χ3n) is 1.14. The van der Waals surface area contributed by atoms with E-state index in [4.69, 9.17) is 0 Å². The maximum absolute atomic E-state index is 10.3. The number of hydrogen-bond donors (Lipinski definition) is 0. The molecule has 0 saturated heterocycles. The summed E-state index contributed by atoms with van der Waals surface area (Å²) in [5.74, 6) is -1.26. The molecule has 0 aliphatic rings. The van der Waals surface area contributed by atoms with Crippen LogP contribution >= 0.6 is 0 Å². The molecule has 0 atom stereocenters. The highest BCUT2D eigenvalue weighted by atomic mass is 16.6. The van der Waals surface area contributed by atoms with E-state index < -0.39 is 30.1 Å². The van der Waals surface area contributed by atoms with Crippen molar-refractivity contribution < 1.29 is 24.0 Å². The van der Waals surface area contributed by atoms with Crippen molar-refractivity contribution in [3.05, 3.63) is 16.2 Å². The van der Waals surface area contributed by atoms with Gasteiger partial charge >= 0.3 is 0 Å². The Morgan fingerprint density at radius 1 is 1.21 bits per heavy atom. The Morgan fingerprint density at radius 2 is 1.57 bits per heavy atom. The number of nitro groups is 1. The zero-order chi connectivity index (χ0) is 11.1. The molecule has 0 rings (SSSR count). The SMILES string of the molecule is CC(=O)OC[C-](COC(C)=O)[N+](=O)[O-]. The van der Waals surface area contributed by atoms with Crippen molar-refractivity contribution in [3.63, 3.8) is 0 Å². The molecule has 0 aromatic carbocycles. The second-order valence-electron chi connectivity index (χ2n) is 2.38. The molecule has 0 aliphatic carbocycles. The third kappa shape index (κ3) is 5.81. The van der Waals surface area contributed by atoms with E-state index in [-0.39, 0.29) is 6.04 Å². The number of carbonyl (C=O) groups excluding carboxylic acids is 2. The van der Waals surface area contributed by atoms with Crippen LogP contribution in [0.15, 0.2) is 0 Å². The molecule has 7 heteroatoms. The van der Waals surface area contributed by atoms with Crippen molar-refractivity contribution in [1.82, 2.24) is 0 Å². The lowest BCUT2D eigenvalue weighted by molar-refractivity contribution is -0.474. The molecule has 7 nitrogen and oxygen atoms in total. The fourth-order valence-corrected chi connectivity index (χ4v) is 0.517. The van der Waals surface area contributed by atoms with Gasteiger partial charge in [-0.2, -0.15) is 0 Å². The molecular formula is C7H10NO6-. The molecule has 0 aliphatic heterocycles. The molecule has 0 heterocycles. The van der Waals surface area contributed by atoms with E-state index in [0.717, 1.165) is 13.8 Å². The Bertz CT molecular complexity index is 220. The van der Waals surface area contributed by atoms with Crippen LogP contribution in [0.1, 0.15) is 13.8 Å². The van der Waals surface area contributed by atoms with E-state index in [1.54, 1.807) is 0 Å². The topological polar surface area (TPSA) is 95.7 Å². The van der Waals surface area contributed by atoms with Crippen LogP contribution in [-0.4, -0.2) is 30.1 Å². The summed E-state index contributed by atoms with van der Waals surface area (Å²) in [5, 5.41) is 10.3. The van der Waals surface area contributed by atoms with Gasteiger partial charge in [-0.1, -0.05) is 0 Å². The van der Waals surface area contributed by atoms with Crippen LogP contribution in [0, 0.1) is 16.2 Å². The van der Waals surface area contributed by atoms with Gasteiger partial charge in [-0.25, -0.2) is 0 Å². The van der Waals surface area contributed by atoms with E-state index in [2.05, 4.69) is 9.47 Å². The van der Waals surface area contributed by atoms with Crippen molar-refractivity contribution >= 4 is 11.9 Å². The van der Waals surface area contributed by atoms with Crippen LogP contribution < -0.4 is 0 Å². The Morgan fingerprint density at radius 3 is 1.79 bits per heavy atom. The van der Waals surface area contributed by atoms with Gasteiger partial charge in [0.15, 0.2) is 0 Å². The average Bonchev–Trinajstić information content (AvgIpc) is 2.02. The number of carbonyl (C=O) groups is 2. The van der Waals surface area contributed by atoms with Gasteiger partial charge in [0, 0.05) is 19.9 Å². The minimum atomic E-state index is -0.744. The summed E-state index contributed by atoms with van der Waals surface area (Å²) < 4.78 is 8.78. The fourth-order valence-electron chi connectivity index (χ4n) is 0.517. The standard InChI is InChI=1S/C7H10NO6/c1-5(9)13-3-7(8(11)12)4-14-6(2)10/h3-4H2,1-2H3/q-1. The molecule has 0 unspecified atom stereocenters. The maximum atomic E-state index is 10.3. The Hall–Kier alpha value is -1.79. The lowest BCUT2D eigenvalue weighted by Crippen LogP contribution is -2.24. The van der Waals surface area contributed by atoms with Gasteiger partial charge in [-0.15, -0.1) is 4.92 Å². The predicted molar refractivity (Wildman–Crippen MR) is 43.5 cm³/mol. The van der Waals surface area contributed by atoms with Gasteiger partial charge in [-0.3, -0.25) is 19.7 Å². The van der Waals surface area contributed by atoms with Gasteiger partial charge in [0.2, 0.25) is 0 Å². The Labute approximate surface area is 80.1 Å². The summed E-state index contributed by atoms with van der Waals surface area (Å²) in [6.45, 7) is 1.30. The second kappa shape index (κ2) is 5.79. The molecule has 0 aromatic heterocycles. The highest BCUT2D eigenvalue weighted by molar-refractivity contribution is 5.66.